The van der Waals surface area contributed by atoms with Gasteiger partial charge in [0.05, 0.1) is 19.0 Å². The summed E-state index contributed by atoms with van der Waals surface area (Å²) in [5.74, 6) is -0.0934. The van der Waals surface area contributed by atoms with E-state index in [4.69, 9.17) is 20.3 Å². The number of anilines is 1. The number of fused-ring (bicyclic) bond motifs is 1. The van der Waals surface area contributed by atoms with Crippen molar-refractivity contribution in [2.75, 3.05) is 12.3 Å². The molecule has 3 atom stereocenters. The van der Waals surface area contributed by atoms with Gasteiger partial charge in [-0.2, -0.15) is 4.98 Å². The molecule has 13 heteroatoms. The Morgan fingerprint density at radius 1 is 1.57 bits per heavy atom. The Morgan fingerprint density at radius 3 is 3.00 bits per heavy atom. The molecule has 3 rings (SSSR count). The van der Waals surface area contributed by atoms with Gasteiger partial charge < -0.3 is 25.4 Å². The number of ether oxygens (including phenoxy) is 1. The van der Waals surface area contributed by atoms with Crippen molar-refractivity contribution in [1.29, 1.82) is 0 Å². The molecule has 0 aliphatic carbocycles. The maximum Gasteiger partial charge on any atom is 0.469 e. The highest BCUT2D eigenvalue weighted by atomic mass is 31.2. The third-order valence-corrected chi connectivity index (χ3v) is 3.86. The summed E-state index contributed by atoms with van der Waals surface area (Å²) in [6, 6.07) is 0. The Labute approximate surface area is 128 Å². The first-order chi connectivity index (χ1) is 10.7. The summed E-state index contributed by atoms with van der Waals surface area (Å²) in [6.45, 7) is -0.481. The number of rotatable bonds is 4. The molecular formula is C10H14N5O7P. The molecule has 0 spiro atoms. The number of nitrogens with two attached hydrogens (primary N) is 1. The molecule has 3 heterocycles. The SMILES string of the molecule is Nc1nc2c(ncn2[C@@H]2CC(O)[C@H](COP(=O)(O)O)O2)c(=O)[nH]1. The molecule has 1 saturated heterocycles. The van der Waals surface area contributed by atoms with E-state index in [2.05, 4.69) is 19.5 Å². The second-order valence-electron chi connectivity index (χ2n) is 4.99. The average Bonchev–Trinajstić information content (AvgIpc) is 2.99. The Morgan fingerprint density at radius 2 is 2.30 bits per heavy atom. The van der Waals surface area contributed by atoms with E-state index in [1.807, 2.05) is 0 Å². The number of phosphoric ester groups is 1. The van der Waals surface area contributed by atoms with Gasteiger partial charge in [0.15, 0.2) is 11.2 Å². The fourth-order valence-electron chi connectivity index (χ4n) is 2.36. The molecule has 23 heavy (non-hydrogen) atoms. The number of hydrogen-bond donors (Lipinski definition) is 5. The van der Waals surface area contributed by atoms with Gasteiger partial charge in [-0.15, -0.1) is 0 Å². The third-order valence-electron chi connectivity index (χ3n) is 3.37. The van der Waals surface area contributed by atoms with Crippen LogP contribution >= 0.6 is 7.82 Å². The molecule has 1 aliphatic rings. The lowest BCUT2D eigenvalue weighted by molar-refractivity contribution is -0.0424. The highest BCUT2D eigenvalue weighted by Crippen LogP contribution is 2.38. The zero-order chi connectivity index (χ0) is 16.8. The molecule has 2 aromatic rings. The molecule has 2 aromatic heterocycles. The van der Waals surface area contributed by atoms with Gasteiger partial charge in [-0.1, -0.05) is 0 Å². The van der Waals surface area contributed by atoms with Crippen LogP contribution in [0, 0.1) is 0 Å². The van der Waals surface area contributed by atoms with E-state index in [9.17, 15) is 14.5 Å². The van der Waals surface area contributed by atoms with Gasteiger partial charge >= 0.3 is 7.82 Å². The average molecular weight is 347 g/mol. The first-order valence-electron chi connectivity index (χ1n) is 6.50. The smallest absolute Gasteiger partial charge is 0.390 e. The molecule has 1 fully saturated rings. The monoisotopic (exact) mass is 347 g/mol. The number of aromatic nitrogens is 4. The van der Waals surface area contributed by atoms with Crippen LogP contribution in [0.5, 0.6) is 0 Å². The van der Waals surface area contributed by atoms with Crippen molar-refractivity contribution in [3.8, 4) is 0 Å². The van der Waals surface area contributed by atoms with Crippen LogP contribution < -0.4 is 11.3 Å². The van der Waals surface area contributed by atoms with Crippen molar-refractivity contribution >= 4 is 24.9 Å². The second kappa shape index (κ2) is 5.67. The van der Waals surface area contributed by atoms with Crippen LogP contribution in [0.3, 0.4) is 0 Å². The molecule has 126 valence electrons. The summed E-state index contributed by atoms with van der Waals surface area (Å²) in [4.78, 5) is 39.3. The topological polar surface area (TPSA) is 186 Å². The Kier molecular flexibility index (Phi) is 3.96. The first kappa shape index (κ1) is 16.1. The van der Waals surface area contributed by atoms with Crippen molar-refractivity contribution in [3.63, 3.8) is 0 Å². The lowest BCUT2D eigenvalue weighted by Gasteiger charge is -2.16. The van der Waals surface area contributed by atoms with E-state index in [1.54, 1.807) is 0 Å². The number of phosphoric acid groups is 1. The predicted molar refractivity (Wildman–Crippen MR) is 75.1 cm³/mol. The van der Waals surface area contributed by atoms with E-state index in [1.165, 1.54) is 10.9 Å². The highest BCUT2D eigenvalue weighted by Gasteiger charge is 2.37. The maximum absolute atomic E-state index is 11.7. The van der Waals surface area contributed by atoms with Crippen LogP contribution in [0.25, 0.3) is 11.2 Å². The number of hydrogen-bond acceptors (Lipinski definition) is 8. The Balaban J connectivity index is 1.84. The van der Waals surface area contributed by atoms with Crippen molar-refractivity contribution in [1.82, 2.24) is 19.5 Å². The quantitative estimate of drug-likeness (QED) is 0.406. The van der Waals surface area contributed by atoms with Gasteiger partial charge in [-0.05, 0) is 0 Å². The van der Waals surface area contributed by atoms with Crippen molar-refractivity contribution < 1.29 is 28.7 Å². The maximum atomic E-state index is 11.7. The van der Waals surface area contributed by atoms with Crippen LogP contribution in [0.1, 0.15) is 12.6 Å². The van der Waals surface area contributed by atoms with Crippen LogP contribution in [0.2, 0.25) is 0 Å². The van der Waals surface area contributed by atoms with Crippen LogP contribution in [0.4, 0.5) is 5.95 Å². The minimum absolute atomic E-state index is 0.0622. The van der Waals surface area contributed by atoms with Gasteiger partial charge in [0, 0.05) is 6.42 Å². The summed E-state index contributed by atoms with van der Waals surface area (Å²) in [5, 5.41) is 9.93. The molecule has 0 saturated carbocycles. The van der Waals surface area contributed by atoms with E-state index >= 15 is 0 Å². The predicted octanol–water partition coefficient (Wildman–Crippen LogP) is -1.54. The van der Waals surface area contributed by atoms with Crippen molar-refractivity contribution in [3.05, 3.63) is 16.7 Å². The molecule has 6 N–H and O–H groups in total. The van der Waals surface area contributed by atoms with Gasteiger partial charge in [-0.25, -0.2) is 9.55 Å². The van der Waals surface area contributed by atoms with Crippen molar-refractivity contribution in [2.45, 2.75) is 24.9 Å². The van der Waals surface area contributed by atoms with Gasteiger partial charge in [0.2, 0.25) is 5.95 Å². The van der Waals surface area contributed by atoms with Crippen LogP contribution in [-0.4, -0.2) is 53.2 Å². The van der Waals surface area contributed by atoms with E-state index in [0.717, 1.165) is 0 Å². The molecule has 0 amide bonds. The fourth-order valence-corrected chi connectivity index (χ4v) is 2.70. The molecular weight excluding hydrogens is 333 g/mol. The molecule has 0 aromatic carbocycles. The summed E-state index contributed by atoms with van der Waals surface area (Å²) in [6.07, 6.45) is -1.26. The number of nitrogens with zero attached hydrogens (tertiary/aromatic N) is 3. The fraction of sp³-hybridized carbons (Fsp3) is 0.500. The highest BCUT2D eigenvalue weighted by molar-refractivity contribution is 7.46. The lowest BCUT2D eigenvalue weighted by atomic mass is 10.2. The van der Waals surface area contributed by atoms with E-state index < -0.39 is 38.4 Å². The first-order valence-corrected chi connectivity index (χ1v) is 8.03. The van der Waals surface area contributed by atoms with Crippen molar-refractivity contribution in [2.24, 2.45) is 0 Å². The number of nitrogens with one attached hydrogen (secondary N) is 1. The van der Waals surface area contributed by atoms with E-state index in [0.29, 0.717) is 0 Å². The normalized spacial score (nSPS) is 25.3. The van der Waals surface area contributed by atoms with Crippen LogP contribution in [0.15, 0.2) is 11.1 Å². The number of aliphatic hydroxyl groups excluding tert-OH is 1. The number of aliphatic hydroxyl groups is 1. The third kappa shape index (κ3) is 3.27. The summed E-state index contributed by atoms with van der Waals surface area (Å²) in [7, 11) is -4.66. The minimum atomic E-state index is -4.66. The number of imidazole rings is 1. The molecule has 1 unspecified atom stereocenters. The Bertz CT molecular complexity index is 829. The largest absolute Gasteiger partial charge is 0.469 e. The standard InChI is InChI=1S/C10H14N5O7P/c11-10-13-8-7(9(17)14-10)12-3-15(8)6-1-4(16)5(22-6)2-21-23(18,19)20/h3-6,16H,1-2H2,(H2,18,19,20)(H3,11,13,14,17)/t4?,5-,6-/m0/s1. The van der Waals surface area contributed by atoms with Crippen LogP contribution in [-0.2, 0) is 13.8 Å². The minimum Gasteiger partial charge on any atom is -0.390 e. The van der Waals surface area contributed by atoms with Gasteiger partial charge in [-0.3, -0.25) is 18.9 Å². The molecule has 12 nitrogen and oxygen atoms in total. The number of H-pyrrole nitrogens is 1. The van der Waals surface area contributed by atoms with Gasteiger partial charge in [0.1, 0.15) is 12.3 Å². The summed E-state index contributed by atoms with van der Waals surface area (Å²) >= 11 is 0. The molecule has 0 radical (unpaired) electrons. The summed E-state index contributed by atoms with van der Waals surface area (Å²) < 4.78 is 22.0. The Hall–Kier alpha value is -1.82. The summed E-state index contributed by atoms with van der Waals surface area (Å²) in [5.41, 5.74) is 5.23. The van der Waals surface area contributed by atoms with Gasteiger partial charge in [0.25, 0.3) is 5.56 Å². The molecule has 1 aliphatic heterocycles. The lowest BCUT2D eigenvalue weighted by Crippen LogP contribution is -2.25. The number of nitrogen functional groups attached to an aromatic ring is 1. The number of aromatic amines is 1. The second-order valence-corrected chi connectivity index (χ2v) is 6.23. The van der Waals surface area contributed by atoms with E-state index in [-0.39, 0.29) is 23.5 Å². The zero-order valence-electron chi connectivity index (χ0n) is 11.6. The zero-order valence-corrected chi connectivity index (χ0v) is 12.5. The molecule has 0 bridgehead atoms.